The number of carbonyl (C=O) groups excluding carboxylic acids is 2. The predicted molar refractivity (Wildman–Crippen MR) is 91.0 cm³/mol. The molecule has 2 amide bonds. The highest BCUT2D eigenvalue weighted by molar-refractivity contribution is 9.10. The predicted octanol–water partition coefficient (Wildman–Crippen LogP) is 1.10. The Kier molecular flexibility index (Phi) is 5.25. The van der Waals surface area contributed by atoms with E-state index >= 15 is 0 Å². The molecule has 1 fully saturated rings. The zero-order chi connectivity index (χ0) is 17.1. The van der Waals surface area contributed by atoms with Gasteiger partial charge in [0.2, 0.25) is 12.7 Å². The molecule has 3 rings (SSSR count). The Morgan fingerprint density at radius 2 is 2.21 bits per heavy atom. The van der Waals surface area contributed by atoms with Gasteiger partial charge in [0, 0.05) is 31.7 Å². The summed E-state index contributed by atoms with van der Waals surface area (Å²) >= 11 is 3.40. The molecule has 24 heavy (non-hydrogen) atoms. The Balaban J connectivity index is 1.71. The summed E-state index contributed by atoms with van der Waals surface area (Å²) in [7, 11) is 0. The van der Waals surface area contributed by atoms with Gasteiger partial charge in [0.25, 0.3) is 5.91 Å². The van der Waals surface area contributed by atoms with Crippen LogP contribution in [0.4, 0.5) is 0 Å². The van der Waals surface area contributed by atoms with E-state index in [4.69, 9.17) is 15.2 Å². The van der Waals surface area contributed by atoms with Gasteiger partial charge in [-0.05, 0) is 40.9 Å². The van der Waals surface area contributed by atoms with Gasteiger partial charge in [0.05, 0.1) is 10.4 Å². The first-order chi connectivity index (χ1) is 11.6. The van der Waals surface area contributed by atoms with Gasteiger partial charge in [-0.1, -0.05) is 0 Å². The molecule has 1 atom stereocenters. The number of amides is 2. The van der Waals surface area contributed by atoms with Crippen LogP contribution in [0.3, 0.4) is 0 Å². The molecule has 130 valence electrons. The molecule has 1 aromatic rings. The average molecular weight is 398 g/mol. The summed E-state index contributed by atoms with van der Waals surface area (Å²) in [6.07, 6.45) is 1.59. The number of likely N-dealkylation sites (tertiary alicyclic amines) is 1. The van der Waals surface area contributed by atoms with Crippen molar-refractivity contribution in [1.82, 2.24) is 10.2 Å². The molecule has 0 aromatic heterocycles. The second-order valence-corrected chi connectivity index (χ2v) is 6.72. The summed E-state index contributed by atoms with van der Waals surface area (Å²) in [6.45, 7) is 2.08. The molecule has 0 radical (unpaired) electrons. The third kappa shape index (κ3) is 3.49. The quantitative estimate of drug-likeness (QED) is 0.793. The fourth-order valence-corrected chi connectivity index (χ4v) is 3.55. The molecule has 2 aliphatic rings. The summed E-state index contributed by atoms with van der Waals surface area (Å²) in [5.41, 5.74) is 5.93. The van der Waals surface area contributed by atoms with Crippen LogP contribution in [-0.4, -0.2) is 49.7 Å². The van der Waals surface area contributed by atoms with Crippen LogP contribution in [0.1, 0.15) is 23.2 Å². The number of hydrogen-bond acceptors (Lipinski definition) is 5. The number of piperidine rings is 1. The molecule has 0 saturated carbocycles. The first-order valence-electron chi connectivity index (χ1n) is 7.96. The van der Waals surface area contributed by atoms with E-state index in [1.165, 1.54) is 0 Å². The van der Waals surface area contributed by atoms with Gasteiger partial charge in [-0.25, -0.2) is 0 Å². The first kappa shape index (κ1) is 17.0. The highest BCUT2D eigenvalue weighted by atomic mass is 79.9. The lowest BCUT2D eigenvalue weighted by atomic mass is 9.96. The van der Waals surface area contributed by atoms with E-state index in [0.29, 0.717) is 47.7 Å². The van der Waals surface area contributed by atoms with Crippen molar-refractivity contribution in [2.24, 2.45) is 11.7 Å². The van der Waals surface area contributed by atoms with Crippen molar-refractivity contribution in [1.29, 1.82) is 0 Å². The number of fused-ring (bicyclic) bond motifs is 1. The lowest BCUT2D eigenvalue weighted by Gasteiger charge is -2.32. The second-order valence-electron chi connectivity index (χ2n) is 5.86. The molecule has 0 bridgehead atoms. The van der Waals surface area contributed by atoms with Gasteiger partial charge in [0.1, 0.15) is 0 Å². The Labute approximate surface area is 148 Å². The van der Waals surface area contributed by atoms with E-state index in [0.717, 1.165) is 12.8 Å². The van der Waals surface area contributed by atoms with Crippen molar-refractivity contribution < 1.29 is 19.1 Å². The third-order valence-corrected chi connectivity index (χ3v) is 4.79. The molecular formula is C16H20BrN3O4. The summed E-state index contributed by atoms with van der Waals surface area (Å²) in [6, 6.07) is 3.42. The first-order valence-corrected chi connectivity index (χ1v) is 8.75. The van der Waals surface area contributed by atoms with Crippen LogP contribution in [-0.2, 0) is 4.79 Å². The van der Waals surface area contributed by atoms with E-state index in [9.17, 15) is 9.59 Å². The van der Waals surface area contributed by atoms with Crippen molar-refractivity contribution in [3.8, 4) is 11.5 Å². The number of ether oxygens (including phenoxy) is 2. The number of benzene rings is 1. The number of halogens is 1. The lowest BCUT2D eigenvalue weighted by Crippen LogP contribution is -2.46. The van der Waals surface area contributed by atoms with Gasteiger partial charge in [-0.15, -0.1) is 0 Å². The summed E-state index contributed by atoms with van der Waals surface area (Å²) in [5, 5.41) is 2.80. The minimum Gasteiger partial charge on any atom is -0.454 e. The minimum atomic E-state index is -0.188. The Hall–Kier alpha value is -1.80. The van der Waals surface area contributed by atoms with Crippen LogP contribution < -0.4 is 20.5 Å². The van der Waals surface area contributed by atoms with Crippen LogP contribution in [0.25, 0.3) is 0 Å². The van der Waals surface area contributed by atoms with Crippen LogP contribution in [0.15, 0.2) is 16.6 Å². The molecule has 3 N–H and O–H groups in total. The maximum Gasteiger partial charge on any atom is 0.254 e. The molecule has 1 aromatic carbocycles. The zero-order valence-corrected chi connectivity index (χ0v) is 14.8. The second kappa shape index (κ2) is 7.40. The fourth-order valence-electron chi connectivity index (χ4n) is 2.99. The van der Waals surface area contributed by atoms with Crippen molar-refractivity contribution in [2.45, 2.75) is 12.8 Å². The molecule has 1 saturated heterocycles. The Morgan fingerprint density at radius 3 is 3.00 bits per heavy atom. The smallest absolute Gasteiger partial charge is 0.254 e. The molecule has 8 heteroatoms. The summed E-state index contributed by atoms with van der Waals surface area (Å²) in [4.78, 5) is 26.6. The summed E-state index contributed by atoms with van der Waals surface area (Å²) < 4.78 is 11.4. The third-order valence-electron chi connectivity index (χ3n) is 4.20. The van der Waals surface area contributed by atoms with E-state index in [2.05, 4.69) is 21.2 Å². The molecular weight excluding hydrogens is 378 g/mol. The van der Waals surface area contributed by atoms with Crippen molar-refractivity contribution in [3.05, 3.63) is 22.2 Å². The topological polar surface area (TPSA) is 93.9 Å². The number of hydrogen-bond donors (Lipinski definition) is 2. The molecule has 1 unspecified atom stereocenters. The van der Waals surface area contributed by atoms with Gasteiger partial charge in [0.15, 0.2) is 11.5 Å². The standard InChI is InChI=1S/C16H20BrN3O4/c17-12-6-11(7-13-14(12)24-9-23-13)16(22)20-5-1-2-10(8-20)15(21)19-4-3-18/h6-7,10H,1-5,8-9,18H2,(H,19,21). The van der Waals surface area contributed by atoms with Gasteiger partial charge >= 0.3 is 0 Å². The number of nitrogens with one attached hydrogen (secondary N) is 1. The largest absolute Gasteiger partial charge is 0.454 e. The maximum absolute atomic E-state index is 12.8. The SMILES string of the molecule is NCCNC(=O)C1CCCN(C(=O)c2cc(Br)c3c(c2)OCO3)C1. The van der Waals surface area contributed by atoms with Crippen LogP contribution >= 0.6 is 15.9 Å². The van der Waals surface area contributed by atoms with Crippen molar-refractivity contribution in [3.63, 3.8) is 0 Å². The monoisotopic (exact) mass is 397 g/mol. The Bertz CT molecular complexity index is 652. The molecule has 7 nitrogen and oxygen atoms in total. The van der Waals surface area contributed by atoms with Gasteiger partial charge in [-0.3, -0.25) is 9.59 Å². The Morgan fingerprint density at radius 1 is 1.38 bits per heavy atom. The van der Waals surface area contributed by atoms with Crippen molar-refractivity contribution in [2.75, 3.05) is 33.0 Å². The average Bonchev–Trinajstić information content (AvgIpc) is 3.08. The normalized spacial score (nSPS) is 19.2. The molecule has 0 spiro atoms. The van der Waals surface area contributed by atoms with E-state index in [-0.39, 0.29) is 24.5 Å². The number of carbonyl (C=O) groups is 2. The highest BCUT2D eigenvalue weighted by Gasteiger charge is 2.30. The lowest BCUT2D eigenvalue weighted by molar-refractivity contribution is -0.126. The van der Waals surface area contributed by atoms with Crippen molar-refractivity contribution >= 4 is 27.7 Å². The van der Waals surface area contributed by atoms with E-state index in [1.54, 1.807) is 17.0 Å². The van der Waals surface area contributed by atoms with Crippen LogP contribution in [0.5, 0.6) is 11.5 Å². The number of nitrogens with zero attached hydrogens (tertiary/aromatic N) is 1. The fraction of sp³-hybridized carbons (Fsp3) is 0.500. The van der Waals surface area contributed by atoms with Crippen LogP contribution in [0.2, 0.25) is 0 Å². The summed E-state index contributed by atoms with van der Waals surface area (Å²) in [5.74, 6) is 0.841. The zero-order valence-electron chi connectivity index (χ0n) is 13.2. The minimum absolute atomic E-state index is 0.0372. The van der Waals surface area contributed by atoms with E-state index in [1.807, 2.05) is 0 Å². The highest BCUT2D eigenvalue weighted by Crippen LogP contribution is 2.40. The number of nitrogens with two attached hydrogens (primary N) is 1. The molecule has 2 heterocycles. The maximum atomic E-state index is 12.8. The molecule has 2 aliphatic heterocycles. The van der Waals surface area contributed by atoms with Crippen LogP contribution in [0, 0.1) is 5.92 Å². The number of rotatable bonds is 4. The molecule has 0 aliphatic carbocycles. The van der Waals surface area contributed by atoms with E-state index < -0.39 is 0 Å². The van der Waals surface area contributed by atoms with Gasteiger partial charge < -0.3 is 25.4 Å². The van der Waals surface area contributed by atoms with Gasteiger partial charge in [-0.2, -0.15) is 0 Å².